The molecule has 0 saturated carbocycles. The van der Waals surface area contributed by atoms with E-state index in [1.165, 1.54) is 5.56 Å². The number of hydrogen-bond acceptors (Lipinski definition) is 3. The Morgan fingerprint density at radius 1 is 0.909 bits per heavy atom. The summed E-state index contributed by atoms with van der Waals surface area (Å²) in [7, 11) is 0. The van der Waals surface area contributed by atoms with Crippen LogP contribution in [0.3, 0.4) is 0 Å². The van der Waals surface area contributed by atoms with Crippen molar-refractivity contribution < 1.29 is 4.74 Å². The maximum Gasteiger partial charge on any atom is 0.154 e. The summed E-state index contributed by atoms with van der Waals surface area (Å²) in [6.07, 6.45) is 0. The lowest BCUT2D eigenvalue weighted by molar-refractivity contribution is 0.420. The quantitative estimate of drug-likeness (QED) is 0.699. The molecule has 0 saturated heterocycles. The highest BCUT2D eigenvalue weighted by Crippen LogP contribution is 2.52. The molecule has 2 aromatic carbocycles. The van der Waals surface area contributed by atoms with E-state index in [1.54, 1.807) is 0 Å². The first-order valence-corrected chi connectivity index (χ1v) is 7.63. The van der Waals surface area contributed by atoms with Crippen molar-refractivity contribution in [3.63, 3.8) is 0 Å². The van der Waals surface area contributed by atoms with E-state index >= 15 is 0 Å². The number of para-hydroxylation sites is 1. The number of nitrogens with two attached hydrogens (primary N) is 2. The van der Waals surface area contributed by atoms with E-state index in [0.717, 1.165) is 22.6 Å². The fraction of sp³-hybridized carbons (Fsp3) is 0.368. The molecule has 0 amide bonds. The van der Waals surface area contributed by atoms with Gasteiger partial charge in [0.25, 0.3) is 0 Å². The van der Waals surface area contributed by atoms with Crippen molar-refractivity contribution in [1.82, 2.24) is 0 Å². The molecule has 0 bridgehead atoms. The molecule has 22 heavy (non-hydrogen) atoms. The zero-order valence-electron chi connectivity index (χ0n) is 13.9. The Kier molecular flexibility index (Phi) is 2.96. The van der Waals surface area contributed by atoms with Gasteiger partial charge in [0, 0.05) is 16.5 Å². The maximum absolute atomic E-state index is 6.30. The number of anilines is 2. The molecule has 0 aliphatic carbocycles. The van der Waals surface area contributed by atoms with Crippen molar-refractivity contribution in [1.29, 1.82) is 0 Å². The molecule has 0 atom stereocenters. The van der Waals surface area contributed by atoms with Crippen LogP contribution < -0.4 is 16.2 Å². The largest absolute Gasteiger partial charge is 0.452 e. The van der Waals surface area contributed by atoms with Crippen molar-refractivity contribution in [2.24, 2.45) is 0 Å². The monoisotopic (exact) mass is 296 g/mol. The predicted octanol–water partition coefficient (Wildman–Crippen LogP) is 4.58. The fourth-order valence-electron chi connectivity index (χ4n) is 3.07. The third kappa shape index (κ3) is 2.04. The second-order valence-electron chi connectivity index (χ2n) is 7.64. The third-order valence-electron chi connectivity index (χ3n) is 4.58. The van der Waals surface area contributed by atoms with Crippen LogP contribution in [0.2, 0.25) is 0 Å². The Morgan fingerprint density at radius 2 is 1.55 bits per heavy atom. The molecule has 1 aliphatic heterocycles. The summed E-state index contributed by atoms with van der Waals surface area (Å²) in [6, 6.07) is 10.1. The fourth-order valence-corrected chi connectivity index (χ4v) is 3.07. The van der Waals surface area contributed by atoms with E-state index < -0.39 is 0 Å². The van der Waals surface area contributed by atoms with Gasteiger partial charge in [0.15, 0.2) is 11.5 Å². The molecule has 2 aromatic rings. The van der Waals surface area contributed by atoms with Crippen LogP contribution in [0.25, 0.3) is 0 Å². The Hall–Kier alpha value is -2.16. The number of fused-ring (bicyclic) bond motifs is 2. The lowest BCUT2D eigenvalue weighted by atomic mass is 9.73. The maximum atomic E-state index is 6.30. The molecule has 0 fully saturated rings. The molecule has 3 heteroatoms. The molecule has 4 N–H and O–H groups in total. The highest BCUT2D eigenvalue weighted by atomic mass is 16.5. The van der Waals surface area contributed by atoms with Crippen molar-refractivity contribution >= 4 is 11.4 Å². The van der Waals surface area contributed by atoms with E-state index in [0.29, 0.717) is 11.4 Å². The SMILES string of the molecule is CC(C)(C)c1cc(N)c2c(c1)C(C)(C)c1cccc(N)c1O2. The molecule has 3 rings (SSSR count). The molecule has 0 spiro atoms. The number of rotatable bonds is 0. The highest BCUT2D eigenvalue weighted by molar-refractivity contribution is 5.72. The summed E-state index contributed by atoms with van der Waals surface area (Å²) < 4.78 is 6.09. The van der Waals surface area contributed by atoms with Crippen LogP contribution in [0.5, 0.6) is 11.5 Å². The first-order valence-electron chi connectivity index (χ1n) is 7.63. The van der Waals surface area contributed by atoms with Crippen molar-refractivity contribution in [2.75, 3.05) is 11.5 Å². The second-order valence-corrected chi connectivity index (χ2v) is 7.64. The summed E-state index contributed by atoms with van der Waals surface area (Å²) >= 11 is 0. The summed E-state index contributed by atoms with van der Waals surface area (Å²) in [6.45, 7) is 11.0. The standard InChI is InChI=1S/C19H24N2O/c1-18(2,3)11-9-13-17(15(21)10-11)22-16-12(19(13,4)5)7-6-8-14(16)20/h6-10H,20-21H2,1-5H3. The van der Waals surface area contributed by atoms with E-state index in [-0.39, 0.29) is 10.8 Å². The third-order valence-corrected chi connectivity index (χ3v) is 4.58. The van der Waals surface area contributed by atoms with Crippen molar-refractivity contribution in [3.05, 3.63) is 47.0 Å². The van der Waals surface area contributed by atoms with Gasteiger partial charge in [-0.15, -0.1) is 0 Å². The van der Waals surface area contributed by atoms with Crippen LogP contribution in [-0.4, -0.2) is 0 Å². The molecule has 1 aliphatic rings. The van der Waals surface area contributed by atoms with Crippen LogP contribution in [0.1, 0.15) is 51.3 Å². The number of ether oxygens (including phenoxy) is 1. The Bertz CT molecular complexity index is 755. The van der Waals surface area contributed by atoms with Gasteiger partial charge in [-0.25, -0.2) is 0 Å². The molecular weight excluding hydrogens is 272 g/mol. The van der Waals surface area contributed by atoms with Gasteiger partial charge < -0.3 is 16.2 Å². The van der Waals surface area contributed by atoms with Gasteiger partial charge in [-0.2, -0.15) is 0 Å². The minimum Gasteiger partial charge on any atom is -0.452 e. The summed E-state index contributed by atoms with van der Waals surface area (Å²) in [5.74, 6) is 1.47. The van der Waals surface area contributed by atoms with Gasteiger partial charge in [-0.3, -0.25) is 0 Å². The van der Waals surface area contributed by atoms with Gasteiger partial charge in [-0.1, -0.05) is 52.8 Å². The van der Waals surface area contributed by atoms with Crippen LogP contribution in [0.15, 0.2) is 30.3 Å². The van der Waals surface area contributed by atoms with Gasteiger partial charge >= 0.3 is 0 Å². The Morgan fingerprint density at radius 3 is 2.18 bits per heavy atom. The molecule has 3 nitrogen and oxygen atoms in total. The van der Waals surface area contributed by atoms with E-state index in [2.05, 4.69) is 46.8 Å². The Balaban J connectivity index is 2.29. The number of benzene rings is 2. The zero-order valence-corrected chi connectivity index (χ0v) is 13.9. The average Bonchev–Trinajstić information content (AvgIpc) is 2.40. The minimum atomic E-state index is -0.201. The van der Waals surface area contributed by atoms with Crippen LogP contribution in [-0.2, 0) is 10.8 Å². The average molecular weight is 296 g/mol. The van der Waals surface area contributed by atoms with Gasteiger partial charge in [0.05, 0.1) is 11.4 Å². The lowest BCUT2D eigenvalue weighted by Crippen LogP contribution is -2.26. The number of hydrogen-bond donors (Lipinski definition) is 2. The molecule has 0 unspecified atom stereocenters. The van der Waals surface area contributed by atoms with E-state index in [9.17, 15) is 0 Å². The van der Waals surface area contributed by atoms with Crippen LogP contribution >= 0.6 is 0 Å². The summed E-state index contributed by atoms with van der Waals surface area (Å²) in [5, 5.41) is 0. The van der Waals surface area contributed by atoms with E-state index in [4.69, 9.17) is 16.2 Å². The molecule has 0 aromatic heterocycles. The normalized spacial score (nSPS) is 15.7. The summed E-state index contributed by atoms with van der Waals surface area (Å²) in [4.78, 5) is 0. The Labute approximate surface area is 132 Å². The summed E-state index contributed by atoms with van der Waals surface area (Å²) in [5.41, 5.74) is 17.0. The molecule has 0 radical (unpaired) electrons. The van der Waals surface area contributed by atoms with Gasteiger partial charge in [0.2, 0.25) is 0 Å². The first-order chi connectivity index (χ1) is 10.1. The zero-order chi connectivity index (χ0) is 16.3. The molecule has 1 heterocycles. The second kappa shape index (κ2) is 4.42. The van der Waals surface area contributed by atoms with Gasteiger partial charge in [0.1, 0.15) is 0 Å². The minimum absolute atomic E-state index is 0.0369. The van der Waals surface area contributed by atoms with Crippen LogP contribution in [0.4, 0.5) is 11.4 Å². The smallest absolute Gasteiger partial charge is 0.154 e. The molecular formula is C19H24N2O. The predicted molar refractivity (Wildman–Crippen MR) is 92.6 cm³/mol. The van der Waals surface area contributed by atoms with Crippen molar-refractivity contribution in [2.45, 2.75) is 45.4 Å². The topological polar surface area (TPSA) is 61.3 Å². The highest BCUT2D eigenvalue weighted by Gasteiger charge is 2.37. The van der Waals surface area contributed by atoms with Crippen molar-refractivity contribution in [3.8, 4) is 11.5 Å². The van der Waals surface area contributed by atoms with E-state index in [1.807, 2.05) is 18.2 Å². The van der Waals surface area contributed by atoms with Gasteiger partial charge in [-0.05, 0) is 23.1 Å². The van der Waals surface area contributed by atoms with Crippen LogP contribution in [0, 0.1) is 0 Å². The lowest BCUT2D eigenvalue weighted by Gasteiger charge is -2.37. The molecule has 116 valence electrons. The number of nitrogen functional groups attached to an aromatic ring is 2. The first kappa shape index (κ1) is 14.8.